The van der Waals surface area contributed by atoms with E-state index < -0.39 is 0 Å². The van der Waals surface area contributed by atoms with Gasteiger partial charge in [0.15, 0.2) is 5.82 Å². The van der Waals surface area contributed by atoms with Gasteiger partial charge in [0.25, 0.3) is 0 Å². The number of hydrogen-bond donors (Lipinski definition) is 1. The molecule has 174 valence electrons. The number of aliphatic hydroxyl groups is 1. The molecular weight excluding hydrogens is 432 g/mol. The summed E-state index contributed by atoms with van der Waals surface area (Å²) in [6.45, 7) is 10.5. The van der Waals surface area contributed by atoms with Gasteiger partial charge in [-0.05, 0) is 30.5 Å². The first kappa shape index (κ1) is 23.7. The van der Waals surface area contributed by atoms with Gasteiger partial charge in [-0.2, -0.15) is 0 Å². The van der Waals surface area contributed by atoms with Crippen molar-refractivity contribution in [3.05, 3.63) is 76.4 Å². The normalized spacial score (nSPS) is 15.8. The Morgan fingerprint density at radius 2 is 1.61 bits per heavy atom. The fourth-order valence-electron chi connectivity index (χ4n) is 4.19. The molecular formula is C27H33ClN4O. The zero-order valence-electron chi connectivity index (χ0n) is 19.7. The summed E-state index contributed by atoms with van der Waals surface area (Å²) in [7, 11) is 0. The summed E-state index contributed by atoms with van der Waals surface area (Å²) in [6.07, 6.45) is 0.475. The lowest BCUT2D eigenvalue weighted by Gasteiger charge is -2.37. The first-order valence-corrected chi connectivity index (χ1v) is 12.1. The number of halogens is 1. The van der Waals surface area contributed by atoms with Crippen molar-refractivity contribution < 1.29 is 5.11 Å². The van der Waals surface area contributed by atoms with Crippen molar-refractivity contribution in [3.63, 3.8) is 0 Å². The van der Waals surface area contributed by atoms with Crippen LogP contribution < -0.4 is 4.90 Å². The topological polar surface area (TPSA) is 52.5 Å². The second kappa shape index (κ2) is 10.6. The number of aliphatic hydroxyl groups excluding tert-OH is 1. The van der Waals surface area contributed by atoms with Gasteiger partial charge in [-0.1, -0.05) is 67.9 Å². The van der Waals surface area contributed by atoms with E-state index in [-0.39, 0.29) is 12.0 Å². The molecule has 0 saturated carbocycles. The van der Waals surface area contributed by atoms with Gasteiger partial charge in [-0.25, -0.2) is 9.97 Å². The van der Waals surface area contributed by atoms with Crippen LogP contribution in [-0.4, -0.2) is 58.8 Å². The van der Waals surface area contributed by atoms with E-state index in [1.165, 1.54) is 5.56 Å². The van der Waals surface area contributed by atoms with E-state index in [9.17, 15) is 5.11 Å². The minimum absolute atomic E-state index is 0.270. The van der Waals surface area contributed by atoms with Gasteiger partial charge in [0, 0.05) is 61.0 Å². The SMILES string of the molecule is Cc1nc(-c2ccccc2)nc(N2CCN(CC(O)C(C)C)CC2)c1Cc1ccc(Cl)cc1. The molecule has 4 rings (SSSR count). The van der Waals surface area contributed by atoms with Crippen LogP contribution in [0.25, 0.3) is 11.4 Å². The van der Waals surface area contributed by atoms with E-state index in [1.807, 2.05) is 30.3 Å². The summed E-state index contributed by atoms with van der Waals surface area (Å²) in [4.78, 5) is 14.7. The second-order valence-corrected chi connectivity index (χ2v) is 9.64. The fraction of sp³-hybridized carbons (Fsp3) is 0.407. The Hall–Kier alpha value is -2.47. The molecule has 6 heteroatoms. The zero-order valence-corrected chi connectivity index (χ0v) is 20.5. The number of nitrogens with zero attached hydrogens (tertiary/aromatic N) is 4. The van der Waals surface area contributed by atoms with Crippen LogP contribution in [0, 0.1) is 12.8 Å². The summed E-state index contributed by atoms with van der Waals surface area (Å²) in [5.41, 5.74) is 4.39. The summed E-state index contributed by atoms with van der Waals surface area (Å²) >= 11 is 6.10. The minimum atomic E-state index is -0.289. The molecule has 2 aromatic carbocycles. The largest absolute Gasteiger partial charge is 0.392 e. The maximum absolute atomic E-state index is 10.3. The molecule has 1 aliphatic rings. The average Bonchev–Trinajstić information content (AvgIpc) is 2.82. The Kier molecular flexibility index (Phi) is 7.63. The van der Waals surface area contributed by atoms with E-state index in [0.717, 1.165) is 72.6 Å². The molecule has 33 heavy (non-hydrogen) atoms. The van der Waals surface area contributed by atoms with Gasteiger partial charge in [-0.3, -0.25) is 4.90 Å². The van der Waals surface area contributed by atoms with Crippen LogP contribution in [0.4, 0.5) is 5.82 Å². The molecule has 0 spiro atoms. The minimum Gasteiger partial charge on any atom is -0.392 e. The lowest BCUT2D eigenvalue weighted by Crippen LogP contribution is -2.49. The predicted octanol–water partition coefficient (Wildman–Crippen LogP) is 4.84. The Bertz CT molecular complexity index is 1050. The van der Waals surface area contributed by atoms with Gasteiger partial charge in [0.2, 0.25) is 0 Å². The van der Waals surface area contributed by atoms with Crippen LogP contribution in [-0.2, 0) is 6.42 Å². The third-order valence-corrected chi connectivity index (χ3v) is 6.66. The van der Waals surface area contributed by atoms with Crippen LogP contribution in [0.15, 0.2) is 54.6 Å². The lowest BCUT2D eigenvalue weighted by molar-refractivity contribution is 0.0738. The highest BCUT2D eigenvalue weighted by molar-refractivity contribution is 6.30. The predicted molar refractivity (Wildman–Crippen MR) is 136 cm³/mol. The standard InChI is InChI=1S/C27H33ClN4O/c1-19(2)25(33)18-31-13-15-32(16-14-31)27-24(17-21-9-11-23(28)12-10-21)20(3)29-26(30-27)22-7-5-4-6-8-22/h4-12,19,25,33H,13-18H2,1-3H3. The summed E-state index contributed by atoms with van der Waals surface area (Å²) in [5.74, 6) is 2.05. The molecule has 0 aliphatic carbocycles. The molecule has 1 saturated heterocycles. The summed E-state index contributed by atoms with van der Waals surface area (Å²) in [6, 6.07) is 18.2. The van der Waals surface area contributed by atoms with Crippen LogP contribution in [0.2, 0.25) is 5.02 Å². The number of aromatic nitrogens is 2. The smallest absolute Gasteiger partial charge is 0.161 e. The molecule has 1 fully saturated rings. The highest BCUT2D eigenvalue weighted by Gasteiger charge is 2.24. The number of β-amino-alcohol motifs (C(OH)–C–C–N with tert-alkyl or cyclic N) is 1. The molecule has 1 atom stereocenters. The molecule has 1 N–H and O–H groups in total. The van der Waals surface area contributed by atoms with Crippen LogP contribution in [0.3, 0.4) is 0 Å². The molecule has 1 aromatic heterocycles. The number of aryl methyl sites for hydroxylation is 1. The maximum atomic E-state index is 10.3. The quantitative estimate of drug-likeness (QED) is 0.542. The van der Waals surface area contributed by atoms with Crippen molar-refractivity contribution in [1.29, 1.82) is 0 Å². The number of anilines is 1. The average molecular weight is 465 g/mol. The molecule has 5 nitrogen and oxygen atoms in total. The Balaban J connectivity index is 1.62. The van der Waals surface area contributed by atoms with Gasteiger partial charge in [0.1, 0.15) is 5.82 Å². The molecule has 3 aromatic rings. The zero-order chi connectivity index (χ0) is 23.4. The van der Waals surface area contributed by atoms with E-state index in [1.54, 1.807) is 0 Å². The Morgan fingerprint density at radius 1 is 0.939 bits per heavy atom. The number of rotatable bonds is 7. The van der Waals surface area contributed by atoms with Gasteiger partial charge < -0.3 is 10.0 Å². The Labute approximate surface area is 202 Å². The van der Waals surface area contributed by atoms with Crippen molar-refractivity contribution in [3.8, 4) is 11.4 Å². The van der Waals surface area contributed by atoms with Crippen molar-refractivity contribution in [2.24, 2.45) is 5.92 Å². The van der Waals surface area contributed by atoms with Crippen LogP contribution in [0.1, 0.15) is 30.7 Å². The Morgan fingerprint density at radius 3 is 2.24 bits per heavy atom. The first-order chi connectivity index (χ1) is 15.9. The fourth-order valence-corrected chi connectivity index (χ4v) is 4.32. The molecule has 1 unspecified atom stereocenters. The number of hydrogen-bond acceptors (Lipinski definition) is 5. The van der Waals surface area contributed by atoms with Crippen LogP contribution >= 0.6 is 11.6 Å². The second-order valence-electron chi connectivity index (χ2n) is 9.20. The monoisotopic (exact) mass is 464 g/mol. The molecule has 0 bridgehead atoms. The summed E-state index contributed by atoms with van der Waals surface area (Å²) < 4.78 is 0. The third-order valence-electron chi connectivity index (χ3n) is 6.40. The van der Waals surface area contributed by atoms with Crippen LogP contribution in [0.5, 0.6) is 0 Å². The molecule has 0 amide bonds. The third kappa shape index (κ3) is 5.91. The van der Waals surface area contributed by atoms with Gasteiger partial charge >= 0.3 is 0 Å². The van der Waals surface area contributed by atoms with E-state index in [0.29, 0.717) is 0 Å². The van der Waals surface area contributed by atoms with E-state index in [4.69, 9.17) is 21.6 Å². The van der Waals surface area contributed by atoms with Crippen molar-refractivity contribution in [1.82, 2.24) is 14.9 Å². The lowest BCUT2D eigenvalue weighted by atomic mass is 10.0. The van der Waals surface area contributed by atoms with Gasteiger partial charge in [0.05, 0.1) is 6.10 Å². The van der Waals surface area contributed by atoms with E-state index in [2.05, 4.69) is 54.8 Å². The number of benzene rings is 2. The van der Waals surface area contributed by atoms with Crippen molar-refractivity contribution >= 4 is 17.4 Å². The van der Waals surface area contributed by atoms with Crippen molar-refractivity contribution in [2.75, 3.05) is 37.6 Å². The maximum Gasteiger partial charge on any atom is 0.161 e. The van der Waals surface area contributed by atoms with Crippen molar-refractivity contribution in [2.45, 2.75) is 33.3 Å². The highest BCUT2D eigenvalue weighted by atomic mass is 35.5. The van der Waals surface area contributed by atoms with Gasteiger partial charge in [-0.15, -0.1) is 0 Å². The summed E-state index contributed by atoms with van der Waals surface area (Å²) in [5, 5.41) is 11.0. The molecule has 2 heterocycles. The molecule has 0 radical (unpaired) electrons. The number of piperazine rings is 1. The molecule has 1 aliphatic heterocycles. The highest BCUT2D eigenvalue weighted by Crippen LogP contribution is 2.28. The first-order valence-electron chi connectivity index (χ1n) is 11.7. The van der Waals surface area contributed by atoms with E-state index >= 15 is 0 Å².